The minimum atomic E-state index is -5.52. The van der Waals surface area contributed by atoms with Crippen LogP contribution in [0.3, 0.4) is 0 Å². The summed E-state index contributed by atoms with van der Waals surface area (Å²) in [6, 6.07) is 0. The molecule has 0 fully saturated rings. The fourth-order valence-electron chi connectivity index (χ4n) is 0.347. The lowest BCUT2D eigenvalue weighted by Crippen LogP contribution is -2.41. The highest BCUT2D eigenvalue weighted by atomic mass is 32.3. The van der Waals surface area contributed by atoms with Crippen molar-refractivity contribution in [2.45, 2.75) is 0 Å². The predicted molar refractivity (Wildman–Crippen MR) is 40.1 cm³/mol. The zero-order chi connectivity index (χ0) is 10.9. The van der Waals surface area contributed by atoms with Gasteiger partial charge in [0.05, 0.1) is 6.26 Å². The lowest BCUT2D eigenvalue weighted by molar-refractivity contribution is 0.541. The number of rotatable bonds is 4. The van der Waals surface area contributed by atoms with E-state index >= 15 is 0 Å². The Labute approximate surface area is 74.7 Å². The van der Waals surface area contributed by atoms with Crippen molar-refractivity contribution in [2.24, 2.45) is 0 Å². The summed E-state index contributed by atoms with van der Waals surface area (Å²) in [4.78, 5) is 0. The minimum absolute atomic E-state index is 0.440. The van der Waals surface area contributed by atoms with Gasteiger partial charge in [-0.3, -0.25) is 0 Å². The van der Waals surface area contributed by atoms with Crippen LogP contribution < -0.4 is 8.25 Å². The van der Waals surface area contributed by atoms with Gasteiger partial charge in [-0.2, -0.15) is 16.8 Å². The van der Waals surface area contributed by atoms with Crippen LogP contribution in [0.5, 0.6) is 0 Å². The van der Waals surface area contributed by atoms with Gasteiger partial charge >= 0.3 is 20.6 Å². The molecule has 0 saturated heterocycles. The van der Waals surface area contributed by atoms with Crippen molar-refractivity contribution in [1.82, 2.24) is 8.25 Å². The van der Waals surface area contributed by atoms with Gasteiger partial charge in [0.25, 0.3) is 0 Å². The van der Waals surface area contributed by atoms with Gasteiger partial charge in [0.2, 0.25) is 10.0 Å². The van der Waals surface area contributed by atoms with Gasteiger partial charge < -0.3 is 0 Å². The molecule has 0 rings (SSSR count). The predicted octanol–water partition coefficient (Wildman–Crippen LogP) is -2.42. The van der Waals surface area contributed by atoms with Crippen LogP contribution in [-0.4, -0.2) is 31.5 Å². The van der Waals surface area contributed by atoms with E-state index in [2.05, 4.69) is 0 Å². The third kappa shape index (κ3) is 8.04. The number of nitrogens with one attached hydrogen (secondary N) is 2. The summed E-state index contributed by atoms with van der Waals surface area (Å²) in [6.07, 6.45) is 0.455. The van der Waals surface area contributed by atoms with Crippen LogP contribution >= 0.6 is 0 Å². The second kappa shape index (κ2) is 3.45. The lowest BCUT2D eigenvalue weighted by atomic mass is 12.0. The van der Waals surface area contributed by atoms with E-state index in [1.807, 2.05) is 0 Å². The molecule has 8 nitrogen and oxygen atoms in total. The van der Waals surface area contributed by atoms with Gasteiger partial charge in [-0.15, -0.1) is 0 Å². The fraction of sp³-hybridized carbons (Fsp3) is 1.00. The molecule has 0 bridgehead atoms. The molecule has 13 heavy (non-hydrogen) atoms. The van der Waals surface area contributed by atoms with Gasteiger partial charge in [-0.05, 0) is 0 Å². The first-order valence-electron chi connectivity index (χ1n) is 2.38. The Kier molecular flexibility index (Phi) is 3.37. The second-order valence-corrected chi connectivity index (χ2v) is 6.64. The quantitative estimate of drug-likeness (QED) is 0.539. The normalized spacial score (nSPS) is 14.3. The molecule has 0 unspecified atom stereocenters. The van der Waals surface area contributed by atoms with Crippen LogP contribution in [0.25, 0.3) is 0 Å². The zero-order valence-electron chi connectivity index (χ0n) is 6.05. The van der Waals surface area contributed by atoms with E-state index in [1.165, 1.54) is 0 Å². The summed E-state index contributed by atoms with van der Waals surface area (Å²) in [5, 5.41) is 0. The number of sulfonamides is 1. The number of hydrogen-bond donors (Lipinski definition) is 2. The third-order valence-corrected chi connectivity index (χ3v) is 4.23. The van der Waals surface area contributed by atoms with Crippen molar-refractivity contribution < 1.29 is 29.1 Å². The highest BCUT2D eigenvalue weighted by Gasteiger charge is 2.22. The molecule has 80 valence electrons. The molecule has 0 aliphatic heterocycles. The first-order valence-corrected chi connectivity index (χ1v) is 7.14. The summed E-state index contributed by atoms with van der Waals surface area (Å²) in [6.45, 7) is 0. The largest absolute Gasteiger partial charge is 0.386 e. The van der Waals surface area contributed by atoms with E-state index < -0.39 is 30.6 Å². The average Bonchev–Trinajstić information content (AvgIpc) is 1.43. The molecule has 0 heterocycles. The maximum Gasteiger partial charge on any atom is 0.386 e. The summed E-state index contributed by atoms with van der Waals surface area (Å²) in [5.41, 5.74) is 0. The van der Waals surface area contributed by atoms with Crippen molar-refractivity contribution in [2.75, 3.05) is 6.26 Å². The molecular weight excluding hydrogens is 251 g/mol. The van der Waals surface area contributed by atoms with Crippen molar-refractivity contribution in [3.63, 3.8) is 0 Å². The van der Waals surface area contributed by atoms with Crippen LogP contribution in [0.2, 0.25) is 0 Å². The summed E-state index contributed by atoms with van der Waals surface area (Å²) in [5.74, 6) is 0. The van der Waals surface area contributed by atoms with Crippen LogP contribution in [0, 0.1) is 0 Å². The first-order chi connectivity index (χ1) is 5.41. The minimum Gasteiger partial charge on any atom is -0.212 e. The Morgan fingerprint density at radius 1 is 0.923 bits per heavy atom. The molecule has 12 heteroatoms. The molecule has 0 atom stereocenters. The monoisotopic (exact) mass is 256 g/mol. The fourth-order valence-corrected chi connectivity index (χ4v) is 3.43. The Balaban J connectivity index is 4.86. The SMILES string of the molecule is CS(=O)(=O)NS(=O)(=O)NS(=O)(=O)F. The standard InChI is InChI=1S/CH5FN2O6S3/c1-11(5,6)3-13(9,10)4-12(2,7)8/h3-4H,1H3. The Bertz CT molecular complexity index is 430. The van der Waals surface area contributed by atoms with Crippen molar-refractivity contribution in [3.8, 4) is 0 Å². The molecule has 0 aliphatic rings. The molecule has 0 radical (unpaired) electrons. The van der Waals surface area contributed by atoms with Crippen LogP contribution in [0.4, 0.5) is 3.89 Å². The van der Waals surface area contributed by atoms with Gasteiger partial charge in [-0.1, -0.05) is 12.1 Å². The maximum absolute atomic E-state index is 11.7. The van der Waals surface area contributed by atoms with Crippen molar-refractivity contribution in [1.29, 1.82) is 0 Å². The highest BCUT2D eigenvalue weighted by molar-refractivity contribution is 8.08. The first kappa shape index (κ1) is 12.7. The average molecular weight is 256 g/mol. The topological polar surface area (TPSA) is 126 Å². The molecular formula is CH5FN2O6S3. The Morgan fingerprint density at radius 2 is 1.31 bits per heavy atom. The van der Waals surface area contributed by atoms with E-state index in [1.54, 1.807) is 0 Å². The van der Waals surface area contributed by atoms with Gasteiger partial charge in [0.15, 0.2) is 0 Å². The van der Waals surface area contributed by atoms with Crippen LogP contribution in [0.15, 0.2) is 0 Å². The maximum atomic E-state index is 11.7. The van der Waals surface area contributed by atoms with E-state index in [-0.39, 0.29) is 0 Å². The Morgan fingerprint density at radius 3 is 1.54 bits per heavy atom. The van der Waals surface area contributed by atoms with Gasteiger partial charge in [0.1, 0.15) is 0 Å². The smallest absolute Gasteiger partial charge is 0.212 e. The second-order valence-electron chi connectivity index (χ2n) is 1.88. The molecule has 0 aliphatic carbocycles. The van der Waals surface area contributed by atoms with E-state index in [4.69, 9.17) is 0 Å². The molecule has 0 aromatic rings. The highest BCUT2D eigenvalue weighted by Crippen LogP contribution is 1.89. The summed E-state index contributed by atoms with van der Waals surface area (Å²) >= 11 is 0. The molecule has 0 spiro atoms. The molecule has 0 aromatic carbocycles. The number of halogens is 1. The van der Waals surface area contributed by atoms with Crippen molar-refractivity contribution >= 4 is 30.6 Å². The van der Waals surface area contributed by atoms with Crippen LogP contribution in [0.1, 0.15) is 0 Å². The summed E-state index contributed by atoms with van der Waals surface area (Å²) in [7, 11) is -14.7. The van der Waals surface area contributed by atoms with Crippen LogP contribution in [-0.2, 0) is 30.6 Å². The number of hydrogen-bond acceptors (Lipinski definition) is 6. The van der Waals surface area contributed by atoms with E-state index in [0.29, 0.717) is 10.4 Å². The molecule has 0 aromatic heterocycles. The van der Waals surface area contributed by atoms with Gasteiger partial charge in [-0.25, -0.2) is 8.42 Å². The molecule has 0 saturated carbocycles. The van der Waals surface area contributed by atoms with Gasteiger partial charge in [0, 0.05) is 0 Å². The summed E-state index contributed by atoms with van der Waals surface area (Å²) < 4.78 is 73.9. The third-order valence-electron chi connectivity index (χ3n) is 0.470. The molecule has 2 N–H and O–H groups in total. The van der Waals surface area contributed by atoms with E-state index in [9.17, 15) is 29.1 Å². The lowest BCUT2D eigenvalue weighted by Gasteiger charge is -2.01. The molecule has 0 amide bonds. The van der Waals surface area contributed by atoms with Crippen molar-refractivity contribution in [3.05, 3.63) is 0 Å². The van der Waals surface area contributed by atoms with E-state index in [0.717, 1.165) is 4.13 Å². The zero-order valence-corrected chi connectivity index (χ0v) is 8.50. The Hall–Kier alpha value is -0.300.